The number of rotatable bonds is 5. The summed E-state index contributed by atoms with van der Waals surface area (Å²) in [5, 5.41) is 8.44. The maximum Gasteiger partial charge on any atom is 0.115 e. The lowest BCUT2D eigenvalue weighted by atomic mass is 10.2. The van der Waals surface area contributed by atoms with E-state index in [1.54, 1.807) is 6.08 Å². The van der Waals surface area contributed by atoms with Gasteiger partial charge in [0, 0.05) is 0 Å². The zero-order valence-electron chi connectivity index (χ0n) is 7.60. The molecule has 12 heavy (non-hydrogen) atoms. The summed E-state index contributed by atoms with van der Waals surface area (Å²) in [6, 6.07) is 0. The summed E-state index contributed by atoms with van der Waals surface area (Å²) in [4.78, 5) is 4.23. The van der Waals surface area contributed by atoms with E-state index in [4.69, 9.17) is 5.26 Å². The SMILES string of the molecule is CC=CC=CC(CC=CC)OO. The van der Waals surface area contributed by atoms with Crippen LogP contribution < -0.4 is 0 Å². The molecule has 0 aliphatic rings. The Balaban J connectivity index is 3.81. The lowest BCUT2D eigenvalue weighted by Crippen LogP contribution is -2.04. The van der Waals surface area contributed by atoms with Crippen LogP contribution in [0.1, 0.15) is 20.3 Å². The molecule has 0 aromatic heterocycles. The molecule has 0 radical (unpaired) electrons. The minimum atomic E-state index is -0.239. The molecule has 0 saturated carbocycles. The molecule has 0 saturated heterocycles. The van der Waals surface area contributed by atoms with Gasteiger partial charge in [0.1, 0.15) is 6.10 Å². The summed E-state index contributed by atoms with van der Waals surface area (Å²) in [5.41, 5.74) is 0. The van der Waals surface area contributed by atoms with Crippen LogP contribution in [-0.4, -0.2) is 11.4 Å². The predicted octanol–water partition coefficient (Wildman–Crippen LogP) is 2.94. The van der Waals surface area contributed by atoms with Gasteiger partial charge < -0.3 is 0 Å². The minimum Gasteiger partial charge on any atom is -0.251 e. The Labute approximate surface area is 73.8 Å². The Morgan fingerprint density at radius 3 is 2.50 bits per heavy atom. The first-order chi connectivity index (χ1) is 5.85. The third kappa shape index (κ3) is 5.89. The molecule has 68 valence electrons. The summed E-state index contributed by atoms with van der Waals surface area (Å²) in [6.07, 6.45) is 11.8. The highest BCUT2D eigenvalue weighted by molar-refractivity contribution is 5.05. The summed E-state index contributed by atoms with van der Waals surface area (Å²) >= 11 is 0. The molecule has 0 heterocycles. The first kappa shape index (κ1) is 11.1. The molecule has 0 aromatic rings. The van der Waals surface area contributed by atoms with E-state index >= 15 is 0 Å². The maximum absolute atomic E-state index is 8.44. The van der Waals surface area contributed by atoms with Crippen molar-refractivity contribution in [3.63, 3.8) is 0 Å². The van der Waals surface area contributed by atoms with Crippen LogP contribution in [-0.2, 0) is 4.89 Å². The second-order valence-electron chi connectivity index (χ2n) is 2.36. The topological polar surface area (TPSA) is 29.5 Å². The summed E-state index contributed by atoms with van der Waals surface area (Å²) in [5.74, 6) is 0. The molecule has 0 rings (SSSR count). The van der Waals surface area contributed by atoms with Gasteiger partial charge in [-0.05, 0) is 20.3 Å². The average molecular weight is 168 g/mol. The number of allylic oxidation sites excluding steroid dienone is 4. The summed E-state index contributed by atoms with van der Waals surface area (Å²) in [7, 11) is 0. The Bertz CT molecular complexity index is 169. The molecular formula is C10H16O2. The lowest BCUT2D eigenvalue weighted by molar-refractivity contribution is -0.264. The first-order valence-electron chi connectivity index (χ1n) is 4.06. The van der Waals surface area contributed by atoms with Gasteiger partial charge in [-0.15, -0.1) is 0 Å². The zero-order valence-corrected chi connectivity index (χ0v) is 7.60. The molecule has 1 unspecified atom stereocenters. The predicted molar refractivity (Wildman–Crippen MR) is 50.9 cm³/mol. The molecule has 1 N–H and O–H groups in total. The van der Waals surface area contributed by atoms with Crippen LogP contribution in [0.15, 0.2) is 36.5 Å². The fourth-order valence-corrected chi connectivity index (χ4v) is 0.726. The van der Waals surface area contributed by atoms with E-state index in [1.807, 2.05) is 44.2 Å². The van der Waals surface area contributed by atoms with Gasteiger partial charge in [0.25, 0.3) is 0 Å². The van der Waals surface area contributed by atoms with Gasteiger partial charge in [-0.3, -0.25) is 5.26 Å². The Morgan fingerprint density at radius 1 is 1.25 bits per heavy atom. The van der Waals surface area contributed by atoms with Crippen LogP contribution in [0.2, 0.25) is 0 Å². The van der Waals surface area contributed by atoms with Gasteiger partial charge >= 0.3 is 0 Å². The average Bonchev–Trinajstić information content (AvgIpc) is 2.11. The van der Waals surface area contributed by atoms with Crippen molar-refractivity contribution in [2.24, 2.45) is 0 Å². The van der Waals surface area contributed by atoms with Crippen molar-refractivity contribution >= 4 is 0 Å². The highest BCUT2D eigenvalue weighted by Crippen LogP contribution is 2.00. The molecule has 0 spiro atoms. The fourth-order valence-electron chi connectivity index (χ4n) is 0.726. The number of hydrogen-bond acceptors (Lipinski definition) is 2. The van der Waals surface area contributed by atoms with Crippen molar-refractivity contribution in [1.29, 1.82) is 0 Å². The molecule has 0 amide bonds. The van der Waals surface area contributed by atoms with Gasteiger partial charge in [0.05, 0.1) is 0 Å². The van der Waals surface area contributed by atoms with Crippen LogP contribution in [0.4, 0.5) is 0 Å². The van der Waals surface area contributed by atoms with Crippen molar-refractivity contribution < 1.29 is 10.1 Å². The van der Waals surface area contributed by atoms with Crippen LogP contribution in [0.25, 0.3) is 0 Å². The summed E-state index contributed by atoms with van der Waals surface area (Å²) < 4.78 is 0. The second-order valence-corrected chi connectivity index (χ2v) is 2.36. The van der Waals surface area contributed by atoms with E-state index in [-0.39, 0.29) is 6.10 Å². The molecule has 0 aromatic carbocycles. The van der Waals surface area contributed by atoms with Crippen LogP contribution in [0.3, 0.4) is 0 Å². The van der Waals surface area contributed by atoms with Crippen LogP contribution in [0, 0.1) is 0 Å². The monoisotopic (exact) mass is 168 g/mol. The molecule has 2 nitrogen and oxygen atoms in total. The largest absolute Gasteiger partial charge is 0.251 e. The van der Waals surface area contributed by atoms with Crippen LogP contribution in [0.5, 0.6) is 0 Å². The normalized spacial score (nSPS) is 15.2. The highest BCUT2D eigenvalue weighted by atomic mass is 17.1. The van der Waals surface area contributed by atoms with Crippen LogP contribution >= 0.6 is 0 Å². The third-order valence-corrected chi connectivity index (χ3v) is 1.37. The van der Waals surface area contributed by atoms with E-state index in [2.05, 4.69) is 4.89 Å². The Morgan fingerprint density at radius 2 is 2.00 bits per heavy atom. The third-order valence-electron chi connectivity index (χ3n) is 1.37. The molecule has 0 aliphatic carbocycles. The quantitative estimate of drug-likeness (QED) is 0.296. The zero-order chi connectivity index (χ0) is 9.23. The molecule has 0 aliphatic heterocycles. The van der Waals surface area contributed by atoms with Crippen molar-refractivity contribution in [3.8, 4) is 0 Å². The lowest BCUT2D eigenvalue weighted by Gasteiger charge is -2.03. The molecule has 0 fully saturated rings. The fraction of sp³-hybridized carbons (Fsp3) is 0.400. The molecule has 2 heteroatoms. The maximum atomic E-state index is 8.44. The van der Waals surface area contributed by atoms with Gasteiger partial charge in [0.2, 0.25) is 0 Å². The van der Waals surface area contributed by atoms with E-state index in [1.165, 1.54) is 0 Å². The van der Waals surface area contributed by atoms with E-state index in [0.29, 0.717) is 6.42 Å². The Kier molecular flexibility index (Phi) is 7.65. The minimum absolute atomic E-state index is 0.239. The Hall–Kier alpha value is -0.860. The van der Waals surface area contributed by atoms with E-state index in [9.17, 15) is 0 Å². The van der Waals surface area contributed by atoms with E-state index in [0.717, 1.165) is 0 Å². The second kappa shape index (κ2) is 8.24. The van der Waals surface area contributed by atoms with Crippen molar-refractivity contribution in [3.05, 3.63) is 36.5 Å². The van der Waals surface area contributed by atoms with Gasteiger partial charge in [-0.25, -0.2) is 4.89 Å². The molecule has 0 bridgehead atoms. The first-order valence-corrected chi connectivity index (χ1v) is 4.06. The number of hydrogen-bond donors (Lipinski definition) is 1. The van der Waals surface area contributed by atoms with Gasteiger partial charge in [0.15, 0.2) is 0 Å². The van der Waals surface area contributed by atoms with Gasteiger partial charge in [-0.1, -0.05) is 36.5 Å². The van der Waals surface area contributed by atoms with Crippen molar-refractivity contribution in [2.75, 3.05) is 0 Å². The van der Waals surface area contributed by atoms with E-state index < -0.39 is 0 Å². The van der Waals surface area contributed by atoms with Crippen molar-refractivity contribution in [2.45, 2.75) is 26.4 Å². The van der Waals surface area contributed by atoms with Gasteiger partial charge in [-0.2, -0.15) is 0 Å². The molecular weight excluding hydrogens is 152 g/mol. The molecule has 1 atom stereocenters. The highest BCUT2D eigenvalue weighted by Gasteiger charge is 1.99. The van der Waals surface area contributed by atoms with Crippen molar-refractivity contribution in [1.82, 2.24) is 0 Å². The smallest absolute Gasteiger partial charge is 0.115 e. The standard InChI is InChI=1S/C10H16O2/c1-3-5-7-9-10(12-11)8-6-4-2/h3-7,9-11H,8H2,1-2H3. The summed E-state index contributed by atoms with van der Waals surface area (Å²) in [6.45, 7) is 3.87.